The van der Waals surface area contributed by atoms with Gasteiger partial charge in [-0.1, -0.05) is 36.7 Å². The van der Waals surface area contributed by atoms with Crippen LogP contribution in [0.15, 0.2) is 40.9 Å². The van der Waals surface area contributed by atoms with Crippen molar-refractivity contribution in [2.24, 2.45) is 0 Å². The molecular weight excluding hydrogens is 455 g/mol. The Bertz CT molecular complexity index is 604. The highest BCUT2D eigenvalue weighted by atomic mass is 127. The molecule has 0 aliphatic rings. The molecule has 0 aromatic heterocycles. The highest BCUT2D eigenvalue weighted by Crippen LogP contribution is 2.33. The molecule has 0 aliphatic heterocycles. The average Bonchev–Trinajstić information content (AvgIpc) is 2.44. The Balaban J connectivity index is 2.48. The Labute approximate surface area is 145 Å². The van der Waals surface area contributed by atoms with Crippen LogP contribution in [0.3, 0.4) is 0 Å². The molecule has 0 radical (unpaired) electrons. The minimum absolute atomic E-state index is 0.121. The number of rotatable bonds is 4. The number of hydrogen-bond donors (Lipinski definition) is 1. The van der Waals surface area contributed by atoms with Crippen LogP contribution in [0.5, 0.6) is 0 Å². The first-order chi connectivity index (χ1) is 9.54. The van der Waals surface area contributed by atoms with E-state index in [1.165, 1.54) is 0 Å². The molecule has 1 nitrogen and oxygen atoms in total. The molecule has 0 aliphatic carbocycles. The average molecular weight is 469 g/mol. The van der Waals surface area contributed by atoms with Crippen LogP contribution in [-0.2, 0) is 0 Å². The molecule has 5 heteroatoms. The Morgan fingerprint density at radius 1 is 1.25 bits per heavy atom. The summed E-state index contributed by atoms with van der Waals surface area (Å²) in [6, 6.07) is 11.4. The van der Waals surface area contributed by atoms with Crippen LogP contribution in [0.1, 0.15) is 24.1 Å². The van der Waals surface area contributed by atoms with Crippen molar-refractivity contribution in [1.29, 1.82) is 0 Å². The molecule has 1 unspecified atom stereocenters. The molecule has 0 saturated carbocycles. The summed E-state index contributed by atoms with van der Waals surface area (Å²) in [5.41, 5.74) is 1.57. The molecule has 106 valence electrons. The van der Waals surface area contributed by atoms with E-state index in [0.717, 1.165) is 15.7 Å². The van der Waals surface area contributed by atoms with Crippen molar-refractivity contribution < 1.29 is 4.39 Å². The number of halogens is 4. The molecule has 1 N–H and O–H groups in total. The molecule has 0 fully saturated rings. The van der Waals surface area contributed by atoms with Crippen molar-refractivity contribution in [3.63, 3.8) is 0 Å². The summed E-state index contributed by atoms with van der Waals surface area (Å²) in [5, 5.41) is 3.43. The van der Waals surface area contributed by atoms with Crippen molar-refractivity contribution in [1.82, 2.24) is 5.32 Å². The third-order valence-corrected chi connectivity index (χ3v) is 4.97. The van der Waals surface area contributed by atoms with Crippen LogP contribution < -0.4 is 5.32 Å². The van der Waals surface area contributed by atoms with E-state index in [1.54, 1.807) is 12.1 Å². The zero-order valence-corrected chi connectivity index (χ0v) is 15.3. The topological polar surface area (TPSA) is 12.0 Å². The second-order valence-electron chi connectivity index (χ2n) is 4.31. The Morgan fingerprint density at radius 3 is 2.50 bits per heavy atom. The van der Waals surface area contributed by atoms with Crippen molar-refractivity contribution in [3.8, 4) is 0 Å². The predicted molar refractivity (Wildman–Crippen MR) is 93.8 cm³/mol. The quantitative estimate of drug-likeness (QED) is 0.459. The first-order valence-electron chi connectivity index (χ1n) is 6.16. The maximum Gasteiger partial charge on any atom is 0.148 e. The van der Waals surface area contributed by atoms with Crippen LogP contribution in [0.25, 0.3) is 0 Å². The van der Waals surface area contributed by atoms with Gasteiger partial charge in [0.25, 0.3) is 0 Å². The van der Waals surface area contributed by atoms with Gasteiger partial charge >= 0.3 is 0 Å². The number of benzene rings is 2. The maximum absolute atomic E-state index is 14.4. The lowest BCUT2D eigenvalue weighted by Crippen LogP contribution is -2.23. The van der Waals surface area contributed by atoms with Crippen molar-refractivity contribution in [3.05, 3.63) is 66.4 Å². The minimum Gasteiger partial charge on any atom is -0.306 e. The SMILES string of the molecule is CCNC(c1ccc(I)cc1)c1ccc(Br)c(Cl)c1F. The smallest absolute Gasteiger partial charge is 0.148 e. The van der Waals surface area contributed by atoms with Gasteiger partial charge in [-0.25, -0.2) is 4.39 Å². The van der Waals surface area contributed by atoms with E-state index in [1.807, 2.05) is 31.2 Å². The van der Waals surface area contributed by atoms with Crippen LogP contribution in [0, 0.1) is 9.39 Å². The predicted octanol–water partition coefficient (Wildman–Crippen LogP) is 5.55. The van der Waals surface area contributed by atoms with Crippen LogP contribution in [-0.4, -0.2) is 6.54 Å². The lowest BCUT2D eigenvalue weighted by Gasteiger charge is -2.20. The van der Waals surface area contributed by atoms with Crippen LogP contribution >= 0.6 is 50.1 Å². The zero-order chi connectivity index (χ0) is 14.7. The second-order valence-corrected chi connectivity index (χ2v) is 6.78. The van der Waals surface area contributed by atoms with Gasteiger partial charge in [-0.05, 0) is 68.8 Å². The largest absolute Gasteiger partial charge is 0.306 e. The van der Waals surface area contributed by atoms with Gasteiger partial charge in [-0.3, -0.25) is 0 Å². The van der Waals surface area contributed by atoms with E-state index < -0.39 is 0 Å². The normalized spacial score (nSPS) is 12.4. The van der Waals surface area contributed by atoms with Gasteiger partial charge in [0.2, 0.25) is 0 Å². The zero-order valence-electron chi connectivity index (χ0n) is 10.8. The Kier molecular flexibility index (Phi) is 5.84. The Morgan fingerprint density at radius 2 is 1.90 bits per heavy atom. The third kappa shape index (κ3) is 3.53. The third-order valence-electron chi connectivity index (χ3n) is 2.99. The van der Waals surface area contributed by atoms with E-state index >= 15 is 0 Å². The second kappa shape index (κ2) is 7.20. The van der Waals surface area contributed by atoms with Crippen molar-refractivity contribution in [2.75, 3.05) is 6.54 Å². The van der Waals surface area contributed by atoms with Crippen molar-refractivity contribution in [2.45, 2.75) is 13.0 Å². The van der Waals surface area contributed by atoms with Gasteiger partial charge in [-0.2, -0.15) is 0 Å². The van der Waals surface area contributed by atoms with Crippen molar-refractivity contribution >= 4 is 50.1 Å². The fraction of sp³-hybridized carbons (Fsp3) is 0.200. The van der Waals surface area contributed by atoms with Gasteiger partial charge < -0.3 is 5.32 Å². The monoisotopic (exact) mass is 467 g/mol. The molecule has 20 heavy (non-hydrogen) atoms. The molecule has 0 amide bonds. The molecular formula is C15H13BrClFIN. The lowest BCUT2D eigenvalue weighted by atomic mass is 9.98. The van der Waals surface area contributed by atoms with Crippen LogP contribution in [0.2, 0.25) is 5.02 Å². The fourth-order valence-electron chi connectivity index (χ4n) is 2.03. The molecule has 0 spiro atoms. The van der Waals surface area contributed by atoms with E-state index in [2.05, 4.69) is 43.8 Å². The number of nitrogens with one attached hydrogen (secondary N) is 1. The van der Waals surface area contributed by atoms with Gasteiger partial charge in [-0.15, -0.1) is 0 Å². The van der Waals surface area contributed by atoms with Crippen LogP contribution in [0.4, 0.5) is 4.39 Å². The maximum atomic E-state index is 14.4. The first kappa shape index (κ1) is 16.2. The molecule has 2 aromatic carbocycles. The summed E-state index contributed by atoms with van der Waals surface area (Å²) in [6.07, 6.45) is 0. The standard InChI is InChI=1S/C15H13BrClFIN/c1-2-20-15(9-3-5-10(19)6-4-9)11-7-8-12(16)13(17)14(11)18/h3-8,15,20H,2H2,1H3. The van der Waals surface area contributed by atoms with Gasteiger partial charge in [0.05, 0.1) is 11.1 Å². The first-order valence-corrected chi connectivity index (χ1v) is 8.41. The summed E-state index contributed by atoms with van der Waals surface area (Å²) < 4.78 is 16.1. The summed E-state index contributed by atoms with van der Waals surface area (Å²) in [6.45, 7) is 2.74. The molecule has 0 heterocycles. The highest BCUT2D eigenvalue weighted by molar-refractivity contribution is 14.1. The number of hydrogen-bond acceptors (Lipinski definition) is 1. The van der Waals surface area contributed by atoms with Gasteiger partial charge in [0, 0.05) is 13.6 Å². The summed E-state index contributed by atoms with van der Waals surface area (Å²) in [4.78, 5) is 0. The van der Waals surface area contributed by atoms with Gasteiger partial charge in [0.15, 0.2) is 0 Å². The molecule has 0 bridgehead atoms. The summed E-state index contributed by atoms with van der Waals surface area (Å²) in [5.74, 6) is -0.384. The Hall–Kier alpha value is -0.170. The van der Waals surface area contributed by atoms with E-state index in [-0.39, 0.29) is 16.9 Å². The van der Waals surface area contributed by atoms with E-state index in [9.17, 15) is 4.39 Å². The highest BCUT2D eigenvalue weighted by Gasteiger charge is 2.20. The molecule has 2 aromatic rings. The van der Waals surface area contributed by atoms with E-state index in [0.29, 0.717) is 10.0 Å². The molecule has 2 rings (SSSR count). The summed E-state index contributed by atoms with van der Waals surface area (Å²) in [7, 11) is 0. The molecule has 0 saturated heterocycles. The lowest BCUT2D eigenvalue weighted by molar-refractivity contribution is 0.558. The molecule has 1 atom stereocenters. The van der Waals surface area contributed by atoms with Gasteiger partial charge in [0.1, 0.15) is 5.82 Å². The fourth-order valence-corrected chi connectivity index (χ4v) is 2.87. The van der Waals surface area contributed by atoms with E-state index in [4.69, 9.17) is 11.6 Å². The minimum atomic E-state index is -0.384. The summed E-state index contributed by atoms with van der Waals surface area (Å²) >= 11 is 11.5.